The van der Waals surface area contributed by atoms with Gasteiger partial charge in [0, 0.05) is 0 Å². The van der Waals surface area contributed by atoms with Crippen molar-refractivity contribution in [2.45, 2.75) is 26.9 Å². The fraction of sp³-hybridized carbons (Fsp3) is 0.133. The lowest BCUT2D eigenvalue weighted by Gasteiger charge is -2.22. The van der Waals surface area contributed by atoms with E-state index in [0.29, 0.717) is 13.1 Å². The van der Waals surface area contributed by atoms with Crippen LogP contribution in [0.3, 0.4) is 0 Å². The minimum atomic E-state index is 0.682. The van der Waals surface area contributed by atoms with Crippen molar-refractivity contribution in [1.82, 2.24) is 0 Å². The van der Waals surface area contributed by atoms with Gasteiger partial charge in [-0.3, -0.25) is 10.0 Å². The summed E-state index contributed by atoms with van der Waals surface area (Å²) in [6.07, 6.45) is 0. The Bertz CT molecular complexity index is 1100. The predicted octanol–water partition coefficient (Wildman–Crippen LogP) is 7.15. The lowest BCUT2D eigenvalue weighted by molar-refractivity contribution is 0.847. The van der Waals surface area contributed by atoms with E-state index >= 15 is 0 Å². The van der Waals surface area contributed by atoms with Crippen molar-refractivity contribution < 1.29 is 0 Å². The van der Waals surface area contributed by atoms with Gasteiger partial charge in [0.1, 0.15) is 0 Å². The van der Waals surface area contributed by atoms with E-state index in [1.165, 1.54) is 11.1 Å². The van der Waals surface area contributed by atoms with Gasteiger partial charge in [-0.25, -0.2) is 0 Å². The van der Waals surface area contributed by atoms with Gasteiger partial charge in [-0.05, 0) is 49.2 Å². The topological polar surface area (TPSA) is 31.2 Å². The molecule has 0 aliphatic rings. The zero-order chi connectivity index (χ0) is 23.6. The van der Waals surface area contributed by atoms with Gasteiger partial charge in [-0.1, -0.05) is 97.1 Å². The highest BCUT2D eigenvalue weighted by molar-refractivity contribution is 6.40. The molecule has 4 aromatic rings. The van der Waals surface area contributed by atoms with E-state index in [1.807, 2.05) is 72.4 Å². The molecule has 0 amide bonds. The van der Waals surface area contributed by atoms with Crippen molar-refractivity contribution in [3.8, 4) is 0 Å². The van der Waals surface area contributed by atoms with Gasteiger partial charge in [0.05, 0.1) is 35.9 Å². The molecular formula is C30H30N4. The van der Waals surface area contributed by atoms with Crippen LogP contribution in [-0.4, -0.2) is 11.4 Å². The number of para-hydroxylation sites is 2. The molecular weight excluding hydrogens is 416 g/mol. The van der Waals surface area contributed by atoms with Gasteiger partial charge in [-0.2, -0.15) is 10.2 Å². The van der Waals surface area contributed by atoms with Crippen molar-refractivity contribution >= 4 is 22.8 Å². The van der Waals surface area contributed by atoms with Crippen LogP contribution in [0.25, 0.3) is 0 Å². The van der Waals surface area contributed by atoms with Crippen LogP contribution in [0.15, 0.2) is 132 Å². The zero-order valence-corrected chi connectivity index (χ0v) is 19.8. The smallest absolute Gasteiger partial charge is 0.0808 e. The number of hydrogen-bond acceptors (Lipinski definition) is 4. The van der Waals surface area contributed by atoms with Crippen LogP contribution in [0, 0.1) is 0 Å². The molecule has 0 heterocycles. The van der Waals surface area contributed by atoms with Crippen molar-refractivity contribution in [2.24, 2.45) is 10.2 Å². The minimum Gasteiger partial charge on any atom is -0.261 e. The lowest BCUT2D eigenvalue weighted by Crippen LogP contribution is -2.23. The molecule has 0 aliphatic carbocycles. The standard InChI is InChI=1S/C30H30N4/c1-25(31-33(29-19-11-5-12-20-29)23-27-15-7-3-8-16-27)26(2)32-34(30-21-13-6-14-22-30)24-28-17-9-4-10-18-28/h3-22H,23-24H2,1-2H3. The molecule has 0 N–H and O–H groups in total. The summed E-state index contributed by atoms with van der Waals surface area (Å²) in [5.74, 6) is 0. The third-order valence-corrected chi connectivity index (χ3v) is 5.52. The second-order valence-electron chi connectivity index (χ2n) is 8.13. The Morgan fingerprint density at radius 1 is 0.471 bits per heavy atom. The minimum absolute atomic E-state index is 0.682. The molecule has 4 heteroatoms. The SMILES string of the molecule is CC(=NN(Cc1ccccc1)c1ccccc1)C(C)=NN(Cc1ccccc1)c1ccccc1. The predicted molar refractivity (Wildman–Crippen MR) is 144 cm³/mol. The molecule has 0 saturated carbocycles. The molecule has 0 bridgehead atoms. The van der Waals surface area contributed by atoms with Gasteiger partial charge >= 0.3 is 0 Å². The van der Waals surface area contributed by atoms with E-state index in [-0.39, 0.29) is 0 Å². The highest BCUT2D eigenvalue weighted by Crippen LogP contribution is 2.19. The first-order chi connectivity index (χ1) is 16.7. The van der Waals surface area contributed by atoms with Gasteiger partial charge in [0.15, 0.2) is 0 Å². The van der Waals surface area contributed by atoms with E-state index < -0.39 is 0 Å². The van der Waals surface area contributed by atoms with E-state index in [2.05, 4.69) is 72.8 Å². The molecule has 170 valence electrons. The molecule has 0 aliphatic heterocycles. The Morgan fingerprint density at radius 3 is 1.09 bits per heavy atom. The Kier molecular flexibility index (Phi) is 7.86. The molecule has 0 atom stereocenters. The summed E-state index contributed by atoms with van der Waals surface area (Å²) in [5, 5.41) is 14.0. The number of nitrogens with zero attached hydrogens (tertiary/aromatic N) is 4. The van der Waals surface area contributed by atoms with Gasteiger partial charge in [-0.15, -0.1) is 0 Å². The highest BCUT2D eigenvalue weighted by Gasteiger charge is 2.11. The van der Waals surface area contributed by atoms with E-state index in [1.54, 1.807) is 0 Å². The van der Waals surface area contributed by atoms with Crippen molar-refractivity contribution in [1.29, 1.82) is 0 Å². The Hall–Kier alpha value is -4.18. The van der Waals surface area contributed by atoms with Crippen LogP contribution in [0.5, 0.6) is 0 Å². The number of benzene rings is 4. The van der Waals surface area contributed by atoms with Crippen LogP contribution < -0.4 is 10.0 Å². The molecule has 0 unspecified atom stereocenters. The van der Waals surface area contributed by atoms with E-state index in [9.17, 15) is 0 Å². The van der Waals surface area contributed by atoms with Crippen LogP contribution in [0.4, 0.5) is 11.4 Å². The molecule has 0 radical (unpaired) electrons. The van der Waals surface area contributed by atoms with Crippen molar-refractivity contribution in [3.05, 3.63) is 132 Å². The maximum Gasteiger partial charge on any atom is 0.0808 e. The first-order valence-electron chi connectivity index (χ1n) is 11.5. The molecule has 4 nitrogen and oxygen atoms in total. The fourth-order valence-electron chi connectivity index (χ4n) is 3.59. The van der Waals surface area contributed by atoms with Crippen LogP contribution in [0.1, 0.15) is 25.0 Å². The van der Waals surface area contributed by atoms with Crippen molar-refractivity contribution in [2.75, 3.05) is 10.0 Å². The Labute approximate surface area is 202 Å². The summed E-state index contributed by atoms with van der Waals surface area (Å²) in [5.41, 5.74) is 6.23. The fourth-order valence-corrected chi connectivity index (χ4v) is 3.59. The third kappa shape index (κ3) is 6.42. The normalized spacial score (nSPS) is 11.8. The maximum absolute atomic E-state index is 4.99. The average molecular weight is 447 g/mol. The summed E-state index contributed by atoms with van der Waals surface area (Å²) in [4.78, 5) is 0. The zero-order valence-electron chi connectivity index (χ0n) is 19.8. The quantitative estimate of drug-likeness (QED) is 0.202. The largest absolute Gasteiger partial charge is 0.261 e. The molecule has 34 heavy (non-hydrogen) atoms. The second-order valence-corrected chi connectivity index (χ2v) is 8.13. The van der Waals surface area contributed by atoms with E-state index in [0.717, 1.165) is 22.8 Å². The van der Waals surface area contributed by atoms with Gasteiger partial charge in [0.25, 0.3) is 0 Å². The highest BCUT2D eigenvalue weighted by atomic mass is 15.5. The molecule has 4 aromatic carbocycles. The first kappa shape index (κ1) is 23.0. The van der Waals surface area contributed by atoms with Gasteiger partial charge in [0.2, 0.25) is 0 Å². The number of hydrogen-bond donors (Lipinski definition) is 0. The first-order valence-corrected chi connectivity index (χ1v) is 11.5. The van der Waals surface area contributed by atoms with Crippen molar-refractivity contribution in [3.63, 3.8) is 0 Å². The summed E-state index contributed by atoms with van der Waals surface area (Å²) in [6, 6.07) is 41.3. The second kappa shape index (κ2) is 11.6. The summed E-state index contributed by atoms with van der Waals surface area (Å²) in [6.45, 7) is 5.40. The van der Waals surface area contributed by atoms with E-state index in [4.69, 9.17) is 10.2 Å². The Morgan fingerprint density at radius 2 is 0.765 bits per heavy atom. The van der Waals surface area contributed by atoms with Crippen LogP contribution in [0.2, 0.25) is 0 Å². The van der Waals surface area contributed by atoms with Crippen LogP contribution >= 0.6 is 0 Å². The van der Waals surface area contributed by atoms with Gasteiger partial charge < -0.3 is 0 Å². The molecule has 0 aromatic heterocycles. The molecule has 0 saturated heterocycles. The summed E-state index contributed by atoms with van der Waals surface area (Å²) >= 11 is 0. The molecule has 4 rings (SSSR count). The number of anilines is 2. The average Bonchev–Trinajstić information content (AvgIpc) is 2.90. The molecule has 0 spiro atoms. The summed E-state index contributed by atoms with van der Waals surface area (Å²) in [7, 11) is 0. The van der Waals surface area contributed by atoms with Crippen LogP contribution in [-0.2, 0) is 13.1 Å². The summed E-state index contributed by atoms with van der Waals surface area (Å²) < 4.78 is 0. The maximum atomic E-state index is 4.99. The molecule has 0 fully saturated rings. The Balaban J connectivity index is 1.63. The monoisotopic (exact) mass is 446 g/mol. The number of rotatable bonds is 9. The lowest BCUT2D eigenvalue weighted by atomic mass is 10.2. The third-order valence-electron chi connectivity index (χ3n) is 5.52. The number of hydrazone groups is 2.